The average molecular weight is 457 g/mol. The maximum atomic E-state index is 13.6. The summed E-state index contributed by atoms with van der Waals surface area (Å²) in [6, 6.07) is 14.6. The SMILES string of the molecule is CC#CCN(CC)c1c(N)nc(Oc2ccc(C(=O)O)cc2)n(Cc2ccccc2C#N)c1=O. The Hall–Kier alpha value is -4.76. The number of aromatic nitrogens is 2. The summed E-state index contributed by atoms with van der Waals surface area (Å²) >= 11 is 0. The molecule has 3 N–H and O–H groups in total. The van der Waals surface area contributed by atoms with Crippen molar-refractivity contribution in [3.05, 3.63) is 75.6 Å². The summed E-state index contributed by atoms with van der Waals surface area (Å²) < 4.78 is 7.15. The highest BCUT2D eigenvalue weighted by Gasteiger charge is 2.21. The zero-order chi connectivity index (χ0) is 24.7. The zero-order valence-electron chi connectivity index (χ0n) is 18.8. The van der Waals surface area contributed by atoms with Gasteiger partial charge in [0.1, 0.15) is 11.4 Å². The Kier molecular flexibility index (Phi) is 7.52. The molecule has 0 saturated carbocycles. The molecule has 0 amide bonds. The van der Waals surface area contributed by atoms with Gasteiger partial charge >= 0.3 is 12.0 Å². The van der Waals surface area contributed by atoms with E-state index in [1.807, 2.05) is 6.92 Å². The largest absolute Gasteiger partial charge is 0.478 e. The lowest BCUT2D eigenvalue weighted by Gasteiger charge is -2.23. The number of nitrogens with two attached hydrogens (primary N) is 1. The number of nitrogen functional groups attached to an aromatic ring is 1. The number of hydrogen-bond acceptors (Lipinski definition) is 7. The number of nitriles is 1. The summed E-state index contributed by atoms with van der Waals surface area (Å²) in [5.74, 6) is 4.91. The topological polar surface area (TPSA) is 134 Å². The molecule has 34 heavy (non-hydrogen) atoms. The molecule has 0 fully saturated rings. The van der Waals surface area contributed by atoms with Crippen molar-refractivity contribution < 1.29 is 14.6 Å². The molecule has 172 valence electrons. The fraction of sp³-hybridized carbons (Fsp3) is 0.200. The van der Waals surface area contributed by atoms with Gasteiger partial charge in [-0.05, 0) is 49.7 Å². The number of nitrogens with zero attached hydrogens (tertiary/aromatic N) is 4. The summed E-state index contributed by atoms with van der Waals surface area (Å²) in [7, 11) is 0. The molecule has 0 aliphatic heterocycles. The first-order valence-corrected chi connectivity index (χ1v) is 10.4. The third-order valence-corrected chi connectivity index (χ3v) is 5.06. The molecular weight excluding hydrogens is 434 g/mol. The van der Waals surface area contributed by atoms with Crippen LogP contribution in [-0.4, -0.2) is 33.7 Å². The van der Waals surface area contributed by atoms with Crippen LogP contribution in [0.25, 0.3) is 0 Å². The summed E-state index contributed by atoms with van der Waals surface area (Å²) in [6.07, 6.45) is 0. The molecule has 3 aromatic rings. The van der Waals surface area contributed by atoms with Crippen molar-refractivity contribution in [2.24, 2.45) is 0 Å². The quantitative estimate of drug-likeness (QED) is 0.493. The molecule has 9 nitrogen and oxygen atoms in total. The molecule has 0 atom stereocenters. The number of hydrogen-bond donors (Lipinski definition) is 2. The Morgan fingerprint density at radius 2 is 1.94 bits per heavy atom. The van der Waals surface area contributed by atoms with Gasteiger partial charge in [0.2, 0.25) is 0 Å². The molecule has 0 aliphatic rings. The van der Waals surface area contributed by atoms with Gasteiger partial charge in [-0.15, -0.1) is 5.92 Å². The first-order valence-electron chi connectivity index (χ1n) is 10.4. The molecule has 0 saturated heterocycles. The molecule has 0 radical (unpaired) electrons. The second kappa shape index (κ2) is 10.7. The lowest BCUT2D eigenvalue weighted by Crippen LogP contribution is -2.35. The Labute approximate surface area is 196 Å². The molecular formula is C25H23N5O4. The van der Waals surface area contributed by atoms with E-state index in [1.54, 1.807) is 36.1 Å². The maximum absolute atomic E-state index is 13.6. The van der Waals surface area contributed by atoms with Crippen LogP contribution in [0, 0.1) is 23.2 Å². The van der Waals surface area contributed by atoms with Gasteiger partial charge in [0.15, 0.2) is 5.82 Å². The van der Waals surface area contributed by atoms with Crippen molar-refractivity contribution in [2.45, 2.75) is 20.4 Å². The molecule has 9 heteroatoms. The molecule has 0 spiro atoms. The molecule has 3 rings (SSSR count). The Morgan fingerprint density at radius 3 is 2.56 bits per heavy atom. The van der Waals surface area contributed by atoms with E-state index in [4.69, 9.17) is 15.6 Å². The number of anilines is 2. The number of carbonyl (C=O) groups is 1. The number of ether oxygens (including phenoxy) is 1. The van der Waals surface area contributed by atoms with E-state index in [9.17, 15) is 14.9 Å². The highest BCUT2D eigenvalue weighted by atomic mass is 16.5. The van der Waals surface area contributed by atoms with Crippen LogP contribution in [0.1, 0.15) is 35.3 Å². The average Bonchev–Trinajstić information content (AvgIpc) is 2.84. The van der Waals surface area contributed by atoms with Crippen LogP contribution in [0.15, 0.2) is 53.3 Å². The minimum atomic E-state index is -1.07. The number of aromatic carboxylic acids is 1. The first-order chi connectivity index (χ1) is 16.4. The van der Waals surface area contributed by atoms with Crippen LogP contribution >= 0.6 is 0 Å². The number of carboxylic acids is 1. The van der Waals surface area contributed by atoms with Gasteiger partial charge in [0.05, 0.1) is 30.3 Å². The van der Waals surface area contributed by atoms with E-state index in [2.05, 4.69) is 22.9 Å². The van der Waals surface area contributed by atoms with E-state index in [0.29, 0.717) is 24.2 Å². The maximum Gasteiger partial charge on any atom is 0.335 e. The second-order valence-corrected chi connectivity index (χ2v) is 7.16. The third kappa shape index (κ3) is 5.17. The predicted molar refractivity (Wildman–Crippen MR) is 128 cm³/mol. The Balaban J connectivity index is 2.15. The van der Waals surface area contributed by atoms with Gasteiger partial charge in [0, 0.05) is 6.54 Å². The van der Waals surface area contributed by atoms with Crippen LogP contribution in [0.3, 0.4) is 0 Å². The van der Waals surface area contributed by atoms with Crippen molar-refractivity contribution in [1.82, 2.24) is 9.55 Å². The highest BCUT2D eigenvalue weighted by molar-refractivity contribution is 5.87. The van der Waals surface area contributed by atoms with E-state index in [1.165, 1.54) is 28.8 Å². The molecule has 2 aromatic carbocycles. The van der Waals surface area contributed by atoms with Crippen molar-refractivity contribution >= 4 is 17.5 Å². The molecule has 0 aliphatic carbocycles. The van der Waals surface area contributed by atoms with Gasteiger partial charge in [-0.3, -0.25) is 9.36 Å². The monoisotopic (exact) mass is 457 g/mol. The van der Waals surface area contributed by atoms with Crippen LogP contribution < -0.4 is 20.9 Å². The van der Waals surface area contributed by atoms with Gasteiger partial charge in [-0.1, -0.05) is 24.1 Å². The van der Waals surface area contributed by atoms with Crippen LogP contribution in [0.4, 0.5) is 11.5 Å². The fourth-order valence-electron chi connectivity index (χ4n) is 3.29. The molecule has 0 unspecified atom stereocenters. The van der Waals surface area contributed by atoms with E-state index < -0.39 is 11.5 Å². The van der Waals surface area contributed by atoms with E-state index in [-0.39, 0.29) is 35.4 Å². The predicted octanol–water partition coefficient (Wildman–Crippen LogP) is 3.09. The summed E-state index contributed by atoms with van der Waals surface area (Å²) in [5.41, 5.74) is 7.03. The zero-order valence-corrected chi connectivity index (χ0v) is 18.8. The van der Waals surface area contributed by atoms with Gasteiger partial charge in [0.25, 0.3) is 5.56 Å². The third-order valence-electron chi connectivity index (χ3n) is 5.06. The van der Waals surface area contributed by atoms with Gasteiger partial charge < -0.3 is 20.5 Å². The van der Waals surface area contributed by atoms with Crippen molar-refractivity contribution in [1.29, 1.82) is 5.26 Å². The standard InChI is InChI=1S/C25H23N5O4/c1-3-5-14-29(4-2)21-22(27)28-25(34-20-12-10-17(11-13-20)24(32)33)30(23(21)31)16-19-9-7-6-8-18(19)15-26/h6-13H,4,14,16,27H2,1-2H3,(H,32,33). The summed E-state index contributed by atoms with van der Waals surface area (Å²) in [5, 5.41) is 18.6. The van der Waals surface area contributed by atoms with E-state index in [0.717, 1.165) is 0 Å². The van der Waals surface area contributed by atoms with Gasteiger partial charge in [-0.2, -0.15) is 10.2 Å². The Bertz CT molecular complexity index is 1360. The van der Waals surface area contributed by atoms with Gasteiger partial charge in [-0.25, -0.2) is 4.79 Å². The van der Waals surface area contributed by atoms with Crippen molar-refractivity contribution in [2.75, 3.05) is 23.7 Å². The first kappa shape index (κ1) is 23.9. The number of carboxylic acid groups (broad SMARTS) is 1. The van der Waals surface area contributed by atoms with Crippen LogP contribution in [-0.2, 0) is 6.54 Å². The minimum absolute atomic E-state index is 0.0163. The number of rotatable bonds is 8. The lowest BCUT2D eigenvalue weighted by molar-refractivity contribution is 0.0697. The summed E-state index contributed by atoms with van der Waals surface area (Å²) in [6.45, 7) is 4.36. The lowest BCUT2D eigenvalue weighted by atomic mass is 10.1. The number of benzene rings is 2. The summed E-state index contributed by atoms with van der Waals surface area (Å²) in [4.78, 5) is 30.8. The molecule has 1 aromatic heterocycles. The van der Waals surface area contributed by atoms with Crippen molar-refractivity contribution in [3.8, 4) is 29.7 Å². The highest BCUT2D eigenvalue weighted by Crippen LogP contribution is 2.25. The van der Waals surface area contributed by atoms with Crippen LogP contribution in [0.5, 0.6) is 11.8 Å². The Morgan fingerprint density at radius 1 is 1.24 bits per heavy atom. The molecule has 0 bridgehead atoms. The smallest absolute Gasteiger partial charge is 0.335 e. The normalized spacial score (nSPS) is 10.0. The van der Waals surface area contributed by atoms with Crippen molar-refractivity contribution in [3.63, 3.8) is 0 Å². The minimum Gasteiger partial charge on any atom is -0.478 e. The molecule has 1 heterocycles. The second-order valence-electron chi connectivity index (χ2n) is 7.16. The van der Waals surface area contributed by atoms with Crippen LogP contribution in [0.2, 0.25) is 0 Å². The fourth-order valence-corrected chi connectivity index (χ4v) is 3.29. The van der Waals surface area contributed by atoms with E-state index >= 15 is 0 Å².